The van der Waals surface area contributed by atoms with Gasteiger partial charge in [-0.15, -0.1) is 0 Å². The van der Waals surface area contributed by atoms with Crippen LogP contribution in [-0.2, 0) is 16.0 Å². The molecule has 0 radical (unpaired) electrons. The van der Waals surface area contributed by atoms with E-state index in [0.29, 0.717) is 18.0 Å². The highest BCUT2D eigenvalue weighted by Gasteiger charge is 2.32. The quantitative estimate of drug-likeness (QED) is 0.207. The van der Waals surface area contributed by atoms with E-state index in [1.807, 2.05) is 107 Å². The van der Waals surface area contributed by atoms with Gasteiger partial charge in [0, 0.05) is 52.7 Å². The second-order valence-electron chi connectivity index (χ2n) is 12.4. The number of aromatic nitrogens is 3. The van der Waals surface area contributed by atoms with Crippen molar-refractivity contribution in [3.63, 3.8) is 0 Å². The van der Waals surface area contributed by atoms with Crippen molar-refractivity contribution in [3.8, 4) is 39.4 Å². The monoisotopic (exact) mass is 595 g/mol. The second-order valence-corrected chi connectivity index (χ2v) is 12.4. The number of aryl methyl sites for hydroxylation is 1. The summed E-state index contributed by atoms with van der Waals surface area (Å²) in [6.07, 6.45) is 5.10. The van der Waals surface area contributed by atoms with Crippen LogP contribution in [0.5, 0.6) is 5.75 Å². The molecule has 45 heavy (non-hydrogen) atoms. The Bertz CT molecular complexity index is 2070. The molecule has 1 aliphatic heterocycles. The van der Waals surface area contributed by atoms with Gasteiger partial charge in [0.15, 0.2) is 11.9 Å². The first-order valence-corrected chi connectivity index (χ1v) is 15.1. The first kappa shape index (κ1) is 28.6. The molecular weight excluding hydrogens is 562 g/mol. The number of rotatable bonds is 6. The third-order valence-electron chi connectivity index (χ3n) is 8.20. The average Bonchev–Trinajstić information content (AvgIpc) is 3.03. The van der Waals surface area contributed by atoms with Crippen molar-refractivity contribution in [1.29, 1.82) is 0 Å². The summed E-state index contributed by atoms with van der Waals surface area (Å²) in [5, 5.41) is 13.4. The Hall–Kier alpha value is -5.14. The van der Waals surface area contributed by atoms with Crippen LogP contribution in [0.15, 0.2) is 91.4 Å². The number of pyridine rings is 1. The highest BCUT2D eigenvalue weighted by atomic mass is 16.5. The maximum absolute atomic E-state index is 12.9. The molecule has 0 saturated heterocycles. The van der Waals surface area contributed by atoms with E-state index >= 15 is 0 Å². The molecule has 0 aliphatic carbocycles. The summed E-state index contributed by atoms with van der Waals surface area (Å²) in [7, 11) is 0. The summed E-state index contributed by atoms with van der Waals surface area (Å²) < 4.78 is 12.3. The summed E-state index contributed by atoms with van der Waals surface area (Å²) in [6, 6.07) is 24.1. The summed E-state index contributed by atoms with van der Waals surface area (Å²) in [5.74, 6) is 0.421. The Morgan fingerprint density at radius 1 is 0.911 bits per heavy atom. The molecule has 3 heterocycles. The molecule has 1 N–H and O–H groups in total. The summed E-state index contributed by atoms with van der Waals surface area (Å²) in [6.45, 7) is 8.18. The zero-order valence-electron chi connectivity index (χ0n) is 25.7. The van der Waals surface area contributed by atoms with Crippen molar-refractivity contribution >= 4 is 27.6 Å². The predicted octanol–water partition coefficient (Wildman–Crippen LogP) is 8.36. The van der Waals surface area contributed by atoms with Crippen LogP contribution in [-0.4, -0.2) is 38.2 Å². The van der Waals surface area contributed by atoms with Crippen LogP contribution >= 0.6 is 0 Å². The lowest BCUT2D eigenvalue weighted by Crippen LogP contribution is -2.28. The molecule has 7 nitrogen and oxygen atoms in total. The average molecular weight is 596 g/mol. The third-order valence-corrected chi connectivity index (χ3v) is 8.20. The summed E-state index contributed by atoms with van der Waals surface area (Å²) in [5.41, 5.74) is 7.15. The van der Waals surface area contributed by atoms with Crippen LogP contribution in [0, 0.1) is 6.92 Å². The molecule has 0 spiro atoms. The molecule has 4 aromatic carbocycles. The van der Waals surface area contributed by atoms with Gasteiger partial charge in [0.1, 0.15) is 5.75 Å². The molecule has 0 amide bonds. The normalized spacial score (nSPS) is 13.5. The number of carbonyl (C=O) groups is 1. The van der Waals surface area contributed by atoms with E-state index in [4.69, 9.17) is 14.5 Å². The van der Waals surface area contributed by atoms with Crippen LogP contribution < -0.4 is 4.74 Å². The number of fused-ring (bicyclic) bond motifs is 1. The number of benzene rings is 4. The predicted molar refractivity (Wildman–Crippen MR) is 176 cm³/mol. The van der Waals surface area contributed by atoms with Crippen molar-refractivity contribution in [2.45, 2.75) is 45.8 Å². The molecule has 2 aromatic heterocycles. The smallest absolute Gasteiger partial charge is 0.337 e. The number of carboxylic acid groups (broad SMARTS) is 1. The van der Waals surface area contributed by atoms with Crippen LogP contribution in [0.1, 0.15) is 43.6 Å². The number of carboxylic acids is 1. The van der Waals surface area contributed by atoms with Gasteiger partial charge < -0.3 is 14.6 Å². The van der Waals surface area contributed by atoms with Gasteiger partial charge in [-0.3, -0.25) is 4.98 Å². The number of hydrogen-bond acceptors (Lipinski definition) is 6. The highest BCUT2D eigenvalue weighted by Crippen LogP contribution is 2.45. The van der Waals surface area contributed by atoms with E-state index in [-0.39, 0.29) is 0 Å². The number of ether oxygens (including phenoxy) is 2. The Balaban J connectivity index is 1.46. The largest absolute Gasteiger partial charge is 0.493 e. The van der Waals surface area contributed by atoms with Gasteiger partial charge in [-0.1, -0.05) is 48.5 Å². The number of nitrogens with zero attached hydrogens (tertiary/aromatic N) is 3. The van der Waals surface area contributed by atoms with Gasteiger partial charge in [0.05, 0.1) is 17.7 Å². The first-order chi connectivity index (χ1) is 21.7. The molecule has 7 rings (SSSR count). The molecule has 1 aliphatic rings. The van der Waals surface area contributed by atoms with Crippen LogP contribution in [0.3, 0.4) is 0 Å². The van der Waals surface area contributed by atoms with Crippen LogP contribution in [0.25, 0.3) is 55.3 Å². The summed E-state index contributed by atoms with van der Waals surface area (Å²) in [4.78, 5) is 27.0. The van der Waals surface area contributed by atoms with E-state index in [2.05, 4.69) is 22.1 Å². The lowest BCUT2D eigenvalue weighted by atomic mass is 9.85. The molecule has 0 fully saturated rings. The topological polar surface area (TPSA) is 94.4 Å². The minimum absolute atomic E-state index is 0.614. The molecule has 0 bridgehead atoms. The van der Waals surface area contributed by atoms with E-state index in [9.17, 15) is 9.90 Å². The fourth-order valence-electron chi connectivity index (χ4n) is 6.27. The first-order valence-electron chi connectivity index (χ1n) is 15.1. The van der Waals surface area contributed by atoms with E-state index < -0.39 is 17.7 Å². The van der Waals surface area contributed by atoms with Gasteiger partial charge in [-0.2, -0.15) is 0 Å². The SMILES string of the molecule is Cc1cc2cc(-c3cnc(-c4ccccc4)nc3)ccc2c(-c2ccc3c4c(ccnc24)CCO3)c1[C@H](OC(C)(C)C)C(=O)O. The Morgan fingerprint density at radius 3 is 2.42 bits per heavy atom. The second kappa shape index (κ2) is 11.1. The van der Waals surface area contributed by atoms with Crippen molar-refractivity contribution in [1.82, 2.24) is 15.0 Å². The molecule has 6 aromatic rings. The van der Waals surface area contributed by atoms with Crippen molar-refractivity contribution in [2.24, 2.45) is 0 Å². The van der Waals surface area contributed by atoms with E-state index in [0.717, 1.165) is 67.2 Å². The van der Waals surface area contributed by atoms with Gasteiger partial charge in [0.2, 0.25) is 0 Å². The van der Waals surface area contributed by atoms with E-state index in [1.165, 1.54) is 5.56 Å². The van der Waals surface area contributed by atoms with Gasteiger partial charge in [-0.05, 0) is 85.0 Å². The third kappa shape index (κ3) is 5.29. The number of aliphatic carboxylic acids is 1. The maximum Gasteiger partial charge on any atom is 0.337 e. The highest BCUT2D eigenvalue weighted by molar-refractivity contribution is 6.09. The van der Waals surface area contributed by atoms with E-state index in [1.54, 1.807) is 0 Å². The van der Waals surface area contributed by atoms with Gasteiger partial charge in [0.25, 0.3) is 0 Å². The molecule has 224 valence electrons. The van der Waals surface area contributed by atoms with Crippen LogP contribution in [0.2, 0.25) is 0 Å². The Labute approximate surface area is 261 Å². The maximum atomic E-state index is 12.9. The Morgan fingerprint density at radius 2 is 1.69 bits per heavy atom. The fraction of sp³-hybridized carbons (Fsp3) is 0.211. The fourth-order valence-corrected chi connectivity index (χ4v) is 6.27. The van der Waals surface area contributed by atoms with Gasteiger partial charge in [-0.25, -0.2) is 14.8 Å². The van der Waals surface area contributed by atoms with Crippen LogP contribution in [0.4, 0.5) is 0 Å². The molecule has 1 atom stereocenters. The lowest BCUT2D eigenvalue weighted by molar-refractivity contribution is -0.160. The van der Waals surface area contributed by atoms with Crippen molar-refractivity contribution in [3.05, 3.63) is 108 Å². The molecular formula is C38H33N3O4. The zero-order valence-corrected chi connectivity index (χ0v) is 25.7. The minimum Gasteiger partial charge on any atom is -0.493 e. The van der Waals surface area contributed by atoms with Crippen molar-refractivity contribution < 1.29 is 19.4 Å². The molecule has 0 unspecified atom stereocenters. The number of hydrogen-bond donors (Lipinski definition) is 1. The summed E-state index contributed by atoms with van der Waals surface area (Å²) >= 11 is 0. The zero-order chi connectivity index (χ0) is 31.3. The Kier molecular flexibility index (Phi) is 7.06. The molecule has 7 heteroatoms. The molecule has 0 saturated carbocycles. The standard InChI is InChI=1S/C38H33N3O4/c1-22-18-26-19-25(27-20-40-36(41-21-27)24-8-6-5-7-9-24)10-11-28(26)33(31(22)35(37(42)43)45-38(2,3)4)29-12-13-30-32-23(15-17-44-30)14-16-39-34(29)32/h5-14,16,18-21,35H,15,17H2,1-4H3,(H,42,43)/t35-/m0/s1. The lowest BCUT2D eigenvalue weighted by Gasteiger charge is -2.29. The van der Waals surface area contributed by atoms with Gasteiger partial charge >= 0.3 is 5.97 Å². The van der Waals surface area contributed by atoms with Crippen molar-refractivity contribution in [2.75, 3.05) is 6.61 Å². The minimum atomic E-state index is -1.19.